The lowest BCUT2D eigenvalue weighted by molar-refractivity contribution is -0.140. The average molecular weight is 588 g/mol. The van der Waals surface area contributed by atoms with Gasteiger partial charge in [0.1, 0.15) is 17.3 Å². The summed E-state index contributed by atoms with van der Waals surface area (Å²) in [5, 5.41) is 11.3. The molecule has 1 N–H and O–H groups in total. The predicted molar refractivity (Wildman–Crippen MR) is 154 cm³/mol. The van der Waals surface area contributed by atoms with Gasteiger partial charge in [0.25, 0.3) is 11.7 Å². The maximum absolute atomic E-state index is 13.4. The number of carbonyl (C=O) groups excluding carboxylic acids is 2. The molecule has 206 valence electrons. The number of ether oxygens (including phenoxy) is 2. The molecule has 1 atom stereocenters. The molecule has 7 nitrogen and oxygen atoms in total. The van der Waals surface area contributed by atoms with E-state index in [2.05, 4.69) is 34.7 Å². The molecule has 1 aliphatic rings. The number of hydrogen-bond donors (Lipinski definition) is 1. The first-order chi connectivity index (χ1) is 18.4. The Morgan fingerprint density at radius 3 is 2.16 bits per heavy atom. The summed E-state index contributed by atoms with van der Waals surface area (Å²) in [4.78, 5) is 30.8. The van der Waals surface area contributed by atoms with Crippen molar-refractivity contribution in [1.29, 1.82) is 0 Å². The van der Waals surface area contributed by atoms with Gasteiger partial charge in [-0.1, -0.05) is 54.8 Å². The molecule has 8 heteroatoms. The first-order valence-corrected chi connectivity index (χ1v) is 14.1. The fourth-order valence-corrected chi connectivity index (χ4v) is 5.08. The van der Waals surface area contributed by atoms with Gasteiger partial charge >= 0.3 is 0 Å². The van der Waals surface area contributed by atoms with E-state index in [-0.39, 0.29) is 11.3 Å². The van der Waals surface area contributed by atoms with Crippen LogP contribution in [-0.4, -0.2) is 67.0 Å². The molecule has 0 bridgehead atoms. The van der Waals surface area contributed by atoms with E-state index < -0.39 is 17.7 Å². The molecular weight excluding hydrogens is 548 g/mol. The molecule has 2 aromatic rings. The minimum absolute atomic E-state index is 0.0534. The Balaban J connectivity index is 2.02. The number of Topliss-reactive ketones (excluding diaryl/α,β-unsaturated/α-hetero) is 1. The number of unbranched alkanes of at least 4 members (excludes halogenated alkanes) is 2. The van der Waals surface area contributed by atoms with Crippen LogP contribution in [0.2, 0.25) is 0 Å². The van der Waals surface area contributed by atoms with Gasteiger partial charge in [-0.25, -0.2) is 0 Å². The van der Waals surface area contributed by atoms with Crippen molar-refractivity contribution >= 4 is 33.4 Å². The van der Waals surface area contributed by atoms with E-state index in [0.717, 1.165) is 49.8 Å². The summed E-state index contributed by atoms with van der Waals surface area (Å²) in [7, 11) is 3.11. The fraction of sp³-hybridized carbons (Fsp3) is 0.467. The number of likely N-dealkylation sites (tertiary alicyclic amines) is 1. The van der Waals surface area contributed by atoms with Crippen molar-refractivity contribution in [3.05, 3.63) is 63.6 Å². The highest BCUT2D eigenvalue weighted by Gasteiger charge is 2.47. The molecule has 1 saturated heterocycles. The van der Waals surface area contributed by atoms with Crippen LogP contribution < -0.4 is 9.47 Å². The summed E-state index contributed by atoms with van der Waals surface area (Å²) in [6.07, 6.45) is 5.22. The topological polar surface area (TPSA) is 79.3 Å². The van der Waals surface area contributed by atoms with Gasteiger partial charge in [0.05, 0.1) is 25.8 Å². The third kappa shape index (κ3) is 6.97. The van der Waals surface area contributed by atoms with Crippen LogP contribution in [0, 0.1) is 0 Å². The Morgan fingerprint density at radius 2 is 1.58 bits per heavy atom. The number of ketones is 1. The lowest BCUT2D eigenvalue weighted by Crippen LogP contribution is -2.34. The Hall–Kier alpha value is -2.84. The normalized spacial score (nSPS) is 16.9. The summed E-state index contributed by atoms with van der Waals surface area (Å²) < 4.78 is 11.9. The third-order valence-corrected chi connectivity index (χ3v) is 7.45. The number of methoxy groups -OCH3 is 2. The van der Waals surface area contributed by atoms with Crippen LogP contribution in [0.5, 0.6) is 11.5 Å². The van der Waals surface area contributed by atoms with Crippen LogP contribution in [0.4, 0.5) is 0 Å². The van der Waals surface area contributed by atoms with Gasteiger partial charge in [-0.05, 0) is 69.2 Å². The molecule has 0 saturated carbocycles. The van der Waals surface area contributed by atoms with Crippen LogP contribution in [0.3, 0.4) is 0 Å². The minimum Gasteiger partial charge on any atom is -0.507 e. The number of carbonyl (C=O) groups is 2. The molecule has 0 aromatic heterocycles. The second kappa shape index (κ2) is 14.4. The van der Waals surface area contributed by atoms with Crippen molar-refractivity contribution in [3.8, 4) is 11.5 Å². The Morgan fingerprint density at radius 1 is 0.947 bits per heavy atom. The van der Waals surface area contributed by atoms with E-state index in [0.29, 0.717) is 35.6 Å². The molecule has 0 spiro atoms. The number of amides is 1. The van der Waals surface area contributed by atoms with E-state index >= 15 is 0 Å². The molecule has 1 fully saturated rings. The third-order valence-electron chi connectivity index (χ3n) is 6.92. The summed E-state index contributed by atoms with van der Waals surface area (Å²) in [5.41, 5.74) is 1.11. The minimum atomic E-state index is -0.802. The average Bonchev–Trinajstić information content (AvgIpc) is 3.18. The van der Waals surface area contributed by atoms with Gasteiger partial charge in [0, 0.05) is 22.1 Å². The number of benzene rings is 2. The smallest absolute Gasteiger partial charge is 0.295 e. The number of aliphatic hydroxyl groups is 1. The van der Waals surface area contributed by atoms with E-state index in [1.54, 1.807) is 61.6 Å². The van der Waals surface area contributed by atoms with Crippen molar-refractivity contribution in [2.24, 2.45) is 0 Å². The number of halogens is 1. The predicted octanol–water partition coefficient (Wildman–Crippen LogP) is 6.18. The highest BCUT2D eigenvalue weighted by Crippen LogP contribution is 2.44. The van der Waals surface area contributed by atoms with Crippen LogP contribution in [-0.2, 0) is 9.59 Å². The van der Waals surface area contributed by atoms with Crippen LogP contribution in [0.25, 0.3) is 5.76 Å². The van der Waals surface area contributed by atoms with Crippen LogP contribution in [0.1, 0.15) is 63.1 Å². The Bertz CT molecular complexity index is 1120. The molecular formula is C30H39BrN2O5. The van der Waals surface area contributed by atoms with Crippen molar-refractivity contribution < 1.29 is 24.2 Å². The number of rotatable bonds is 14. The molecule has 0 aliphatic carbocycles. The molecule has 3 rings (SSSR count). The quantitative estimate of drug-likeness (QED) is 0.162. The van der Waals surface area contributed by atoms with Crippen molar-refractivity contribution in [3.63, 3.8) is 0 Å². The zero-order valence-corrected chi connectivity index (χ0v) is 24.4. The highest BCUT2D eigenvalue weighted by molar-refractivity contribution is 9.10. The van der Waals surface area contributed by atoms with Gasteiger partial charge < -0.3 is 24.4 Å². The first-order valence-electron chi connectivity index (χ1n) is 13.3. The van der Waals surface area contributed by atoms with Crippen molar-refractivity contribution in [1.82, 2.24) is 9.80 Å². The van der Waals surface area contributed by atoms with Gasteiger partial charge in [-0.2, -0.15) is 0 Å². The number of nitrogens with zero attached hydrogens (tertiary/aromatic N) is 2. The molecule has 38 heavy (non-hydrogen) atoms. The second-order valence-electron chi connectivity index (χ2n) is 9.51. The van der Waals surface area contributed by atoms with Gasteiger partial charge in [0.2, 0.25) is 0 Å². The monoisotopic (exact) mass is 586 g/mol. The lowest BCUT2D eigenvalue weighted by Gasteiger charge is -2.28. The summed E-state index contributed by atoms with van der Waals surface area (Å²) in [6, 6.07) is 11.5. The molecule has 0 unspecified atom stereocenters. The van der Waals surface area contributed by atoms with Crippen LogP contribution >= 0.6 is 15.9 Å². The van der Waals surface area contributed by atoms with Gasteiger partial charge in [0.15, 0.2) is 0 Å². The highest BCUT2D eigenvalue weighted by atomic mass is 79.9. The molecule has 1 amide bonds. The molecule has 2 aromatic carbocycles. The maximum atomic E-state index is 13.4. The van der Waals surface area contributed by atoms with Crippen LogP contribution in [0.15, 0.2) is 52.5 Å². The first kappa shape index (κ1) is 29.7. The lowest BCUT2D eigenvalue weighted by atomic mass is 9.94. The molecule has 1 heterocycles. The Labute approximate surface area is 234 Å². The van der Waals surface area contributed by atoms with Gasteiger partial charge in [-0.15, -0.1) is 0 Å². The number of aliphatic hydroxyl groups excluding tert-OH is 1. The number of hydrogen-bond acceptors (Lipinski definition) is 6. The summed E-state index contributed by atoms with van der Waals surface area (Å²) in [5.74, 6) is -0.445. The zero-order chi connectivity index (χ0) is 27.7. The van der Waals surface area contributed by atoms with E-state index in [9.17, 15) is 14.7 Å². The largest absolute Gasteiger partial charge is 0.507 e. The maximum Gasteiger partial charge on any atom is 0.295 e. The van der Waals surface area contributed by atoms with E-state index in [1.807, 2.05) is 0 Å². The SMILES string of the molecule is CCCCN(CCCC)CCCN1C(=O)C(=O)C(=C(O)c2ccc(Br)cc2)[C@H]1c1cc(OC)ccc1OC. The summed E-state index contributed by atoms with van der Waals surface area (Å²) in [6.45, 7) is 7.62. The van der Waals surface area contributed by atoms with Gasteiger partial charge in [-0.3, -0.25) is 9.59 Å². The fourth-order valence-electron chi connectivity index (χ4n) is 4.81. The molecule has 0 radical (unpaired) electrons. The van der Waals surface area contributed by atoms with Crippen molar-refractivity contribution in [2.75, 3.05) is 40.4 Å². The Kier molecular flexibility index (Phi) is 11.2. The zero-order valence-electron chi connectivity index (χ0n) is 22.8. The summed E-state index contributed by atoms with van der Waals surface area (Å²) >= 11 is 3.40. The molecule has 1 aliphatic heterocycles. The van der Waals surface area contributed by atoms with E-state index in [4.69, 9.17) is 9.47 Å². The van der Waals surface area contributed by atoms with E-state index in [1.165, 1.54) is 0 Å². The van der Waals surface area contributed by atoms with Crippen molar-refractivity contribution in [2.45, 2.75) is 52.0 Å². The second-order valence-corrected chi connectivity index (χ2v) is 10.4. The standard InChI is InChI=1S/C30H39BrN2O5/c1-5-7-16-32(17-8-6-2)18-9-19-33-27(24-20-23(37-3)14-15-25(24)38-4)26(29(35)30(33)36)28(34)21-10-12-22(31)13-11-21/h10-15,20,27,34H,5-9,16-19H2,1-4H3/t27-/m1/s1.